The number of benzene rings is 2. The van der Waals surface area contributed by atoms with Crippen molar-refractivity contribution in [1.82, 2.24) is 0 Å². The second kappa shape index (κ2) is 6.99. The molecule has 2 aromatic rings. The van der Waals surface area contributed by atoms with E-state index >= 15 is 0 Å². The highest BCUT2D eigenvalue weighted by molar-refractivity contribution is 7.99. The Balaban J connectivity index is 1.82. The van der Waals surface area contributed by atoms with Crippen LogP contribution in [0.3, 0.4) is 0 Å². The van der Waals surface area contributed by atoms with Crippen LogP contribution in [-0.2, 0) is 0 Å². The van der Waals surface area contributed by atoms with E-state index < -0.39 is 6.10 Å². The molecule has 0 aliphatic rings. The Morgan fingerprint density at radius 2 is 1.68 bits per heavy atom. The van der Waals surface area contributed by atoms with E-state index in [2.05, 4.69) is 31.2 Å². The summed E-state index contributed by atoms with van der Waals surface area (Å²) in [7, 11) is 0. The van der Waals surface area contributed by atoms with Crippen LogP contribution < -0.4 is 0 Å². The second-order valence-corrected chi connectivity index (χ2v) is 6.12. The third-order valence-electron chi connectivity index (χ3n) is 2.94. The first kappa shape index (κ1) is 14.4. The van der Waals surface area contributed by atoms with Crippen LogP contribution in [0.4, 0.5) is 0 Å². The summed E-state index contributed by atoms with van der Waals surface area (Å²) < 4.78 is 0. The molecule has 1 nitrogen and oxygen atoms in total. The first-order valence-corrected chi connectivity index (χ1v) is 7.64. The van der Waals surface area contributed by atoms with Crippen LogP contribution in [0.1, 0.15) is 23.7 Å². The van der Waals surface area contributed by atoms with Gasteiger partial charge >= 0.3 is 0 Å². The Bertz CT molecular complexity index is 507. The van der Waals surface area contributed by atoms with Crippen LogP contribution in [0.25, 0.3) is 0 Å². The van der Waals surface area contributed by atoms with Crippen LogP contribution in [0.2, 0.25) is 5.02 Å². The van der Waals surface area contributed by atoms with Crippen molar-refractivity contribution in [2.24, 2.45) is 0 Å². The normalized spacial score (nSPS) is 12.4. The number of aliphatic hydroxyl groups excluding tert-OH is 1. The predicted molar refractivity (Wildman–Crippen MR) is 82.9 cm³/mol. The average Bonchev–Trinajstić information content (AvgIpc) is 2.41. The van der Waals surface area contributed by atoms with E-state index in [0.717, 1.165) is 17.7 Å². The Morgan fingerprint density at radius 3 is 2.32 bits per heavy atom. The average molecular weight is 293 g/mol. The molecule has 0 aliphatic heterocycles. The number of halogens is 1. The summed E-state index contributed by atoms with van der Waals surface area (Å²) in [5.74, 6) is 0.896. The van der Waals surface area contributed by atoms with Gasteiger partial charge in [-0.05, 0) is 43.2 Å². The number of hydrogen-bond donors (Lipinski definition) is 1. The number of aryl methyl sites for hydroxylation is 1. The van der Waals surface area contributed by atoms with Gasteiger partial charge in [-0.15, -0.1) is 11.8 Å². The van der Waals surface area contributed by atoms with Gasteiger partial charge in [-0.25, -0.2) is 0 Å². The minimum Gasteiger partial charge on any atom is -0.388 e. The number of aliphatic hydroxyl groups is 1. The summed E-state index contributed by atoms with van der Waals surface area (Å²) in [6, 6.07) is 15.8. The monoisotopic (exact) mass is 292 g/mol. The van der Waals surface area contributed by atoms with Crippen LogP contribution >= 0.6 is 23.4 Å². The molecule has 0 amide bonds. The van der Waals surface area contributed by atoms with E-state index in [9.17, 15) is 5.11 Å². The van der Waals surface area contributed by atoms with Gasteiger partial charge in [0, 0.05) is 15.7 Å². The van der Waals surface area contributed by atoms with E-state index in [1.54, 1.807) is 11.8 Å². The van der Waals surface area contributed by atoms with Gasteiger partial charge < -0.3 is 5.11 Å². The first-order chi connectivity index (χ1) is 9.15. The van der Waals surface area contributed by atoms with Crippen LogP contribution in [0, 0.1) is 6.92 Å². The van der Waals surface area contributed by atoms with Crippen molar-refractivity contribution in [3.63, 3.8) is 0 Å². The van der Waals surface area contributed by atoms with Crippen LogP contribution in [0.15, 0.2) is 53.4 Å². The van der Waals surface area contributed by atoms with Gasteiger partial charge in [0.05, 0.1) is 6.10 Å². The lowest BCUT2D eigenvalue weighted by molar-refractivity contribution is 0.175. The van der Waals surface area contributed by atoms with E-state index in [1.807, 2.05) is 24.3 Å². The molecule has 100 valence electrons. The van der Waals surface area contributed by atoms with Gasteiger partial charge in [-0.3, -0.25) is 0 Å². The Kier molecular flexibility index (Phi) is 5.32. The number of hydrogen-bond acceptors (Lipinski definition) is 2. The van der Waals surface area contributed by atoms with E-state index in [-0.39, 0.29) is 0 Å². The molecule has 0 saturated heterocycles. The molecule has 2 rings (SSSR count). The smallest absolute Gasteiger partial charge is 0.0798 e. The summed E-state index contributed by atoms with van der Waals surface area (Å²) in [5.41, 5.74) is 2.19. The molecule has 1 atom stereocenters. The standard InChI is InChI=1S/C16H17ClOS/c1-12-2-8-15(9-3-12)19-11-10-16(18)13-4-6-14(17)7-5-13/h2-9,16,18H,10-11H2,1H3. The highest BCUT2D eigenvalue weighted by atomic mass is 35.5. The maximum absolute atomic E-state index is 10.1. The zero-order valence-electron chi connectivity index (χ0n) is 10.8. The lowest BCUT2D eigenvalue weighted by atomic mass is 10.1. The summed E-state index contributed by atoms with van der Waals surface area (Å²) in [4.78, 5) is 1.24. The van der Waals surface area contributed by atoms with E-state index in [0.29, 0.717) is 5.02 Å². The van der Waals surface area contributed by atoms with E-state index in [4.69, 9.17) is 11.6 Å². The van der Waals surface area contributed by atoms with Gasteiger partial charge in [-0.1, -0.05) is 41.4 Å². The van der Waals surface area contributed by atoms with Gasteiger partial charge in [0.25, 0.3) is 0 Å². The fourth-order valence-electron chi connectivity index (χ4n) is 1.77. The summed E-state index contributed by atoms with van der Waals surface area (Å²) in [6.07, 6.45) is 0.315. The molecule has 0 radical (unpaired) electrons. The quantitative estimate of drug-likeness (QED) is 0.794. The molecule has 0 fully saturated rings. The fraction of sp³-hybridized carbons (Fsp3) is 0.250. The molecule has 0 saturated carbocycles. The van der Waals surface area contributed by atoms with Gasteiger partial charge in [0.1, 0.15) is 0 Å². The SMILES string of the molecule is Cc1ccc(SCCC(O)c2ccc(Cl)cc2)cc1. The zero-order chi connectivity index (χ0) is 13.7. The largest absolute Gasteiger partial charge is 0.388 e. The van der Waals surface area contributed by atoms with Gasteiger partial charge in [-0.2, -0.15) is 0 Å². The van der Waals surface area contributed by atoms with Crippen molar-refractivity contribution in [3.8, 4) is 0 Å². The second-order valence-electron chi connectivity index (χ2n) is 4.52. The molecular formula is C16H17ClOS. The fourth-order valence-corrected chi connectivity index (χ4v) is 2.81. The molecular weight excluding hydrogens is 276 g/mol. The molecule has 0 aliphatic carbocycles. The molecule has 19 heavy (non-hydrogen) atoms. The van der Waals surface area contributed by atoms with Crippen LogP contribution in [-0.4, -0.2) is 10.9 Å². The van der Waals surface area contributed by atoms with Gasteiger partial charge in [0.15, 0.2) is 0 Å². The molecule has 3 heteroatoms. The molecule has 0 spiro atoms. The van der Waals surface area contributed by atoms with Gasteiger partial charge in [0.2, 0.25) is 0 Å². The Hall–Kier alpha value is -0.960. The summed E-state index contributed by atoms with van der Waals surface area (Å²) in [5, 5.41) is 10.8. The van der Waals surface area contributed by atoms with Crippen molar-refractivity contribution in [3.05, 3.63) is 64.7 Å². The molecule has 0 heterocycles. The van der Waals surface area contributed by atoms with Crippen molar-refractivity contribution < 1.29 is 5.11 Å². The Morgan fingerprint density at radius 1 is 1.05 bits per heavy atom. The Labute approximate surface area is 123 Å². The third kappa shape index (κ3) is 4.57. The molecule has 1 unspecified atom stereocenters. The van der Waals surface area contributed by atoms with Crippen LogP contribution in [0.5, 0.6) is 0 Å². The molecule has 1 N–H and O–H groups in total. The lowest BCUT2D eigenvalue weighted by Crippen LogP contribution is -1.98. The maximum Gasteiger partial charge on any atom is 0.0798 e. The van der Waals surface area contributed by atoms with Crippen molar-refractivity contribution >= 4 is 23.4 Å². The molecule has 0 bridgehead atoms. The summed E-state index contributed by atoms with van der Waals surface area (Å²) >= 11 is 7.60. The predicted octanol–water partition coefficient (Wildman–Crippen LogP) is 4.86. The minimum atomic E-state index is -0.421. The zero-order valence-corrected chi connectivity index (χ0v) is 12.4. The minimum absolute atomic E-state index is 0.421. The van der Waals surface area contributed by atoms with Crippen molar-refractivity contribution in [1.29, 1.82) is 0 Å². The molecule has 0 aromatic heterocycles. The number of rotatable bonds is 5. The van der Waals surface area contributed by atoms with Crippen molar-refractivity contribution in [2.45, 2.75) is 24.3 Å². The van der Waals surface area contributed by atoms with Crippen molar-refractivity contribution in [2.75, 3.05) is 5.75 Å². The third-order valence-corrected chi connectivity index (χ3v) is 4.23. The van der Waals surface area contributed by atoms with E-state index in [1.165, 1.54) is 10.5 Å². The molecule has 2 aromatic carbocycles. The summed E-state index contributed by atoms with van der Waals surface area (Å²) in [6.45, 7) is 2.08. The first-order valence-electron chi connectivity index (χ1n) is 6.28. The highest BCUT2D eigenvalue weighted by Crippen LogP contribution is 2.24. The lowest BCUT2D eigenvalue weighted by Gasteiger charge is -2.10. The topological polar surface area (TPSA) is 20.2 Å². The number of thioether (sulfide) groups is 1. The highest BCUT2D eigenvalue weighted by Gasteiger charge is 2.07. The maximum atomic E-state index is 10.1.